The van der Waals surface area contributed by atoms with E-state index >= 15 is 0 Å². The van der Waals surface area contributed by atoms with E-state index in [9.17, 15) is 4.79 Å². The van der Waals surface area contributed by atoms with Gasteiger partial charge >= 0.3 is 5.97 Å². The van der Waals surface area contributed by atoms with Crippen molar-refractivity contribution in [3.8, 4) is 0 Å². The summed E-state index contributed by atoms with van der Waals surface area (Å²) in [7, 11) is 1.40. The summed E-state index contributed by atoms with van der Waals surface area (Å²) in [6, 6.07) is 14.2. The maximum Gasteiger partial charge on any atom is 0.337 e. The van der Waals surface area contributed by atoms with Crippen LogP contribution in [-0.4, -0.2) is 19.6 Å². The average molecular weight is 343 g/mol. The van der Waals surface area contributed by atoms with E-state index in [1.165, 1.54) is 18.2 Å². The molecule has 124 valence electrons. The van der Waals surface area contributed by atoms with Crippen LogP contribution in [0.15, 0.2) is 42.5 Å². The number of hydrogen-bond donors (Lipinski definition) is 2. The normalized spacial score (nSPS) is 24.7. The van der Waals surface area contributed by atoms with E-state index in [0.717, 1.165) is 23.7 Å². The summed E-state index contributed by atoms with van der Waals surface area (Å²) in [5, 5.41) is 8.03. The van der Waals surface area contributed by atoms with Crippen LogP contribution < -0.4 is 10.6 Å². The topological polar surface area (TPSA) is 50.4 Å². The van der Waals surface area contributed by atoms with E-state index in [-0.39, 0.29) is 12.0 Å². The minimum Gasteiger partial charge on any atom is -0.465 e. The Balaban J connectivity index is 1.68. The van der Waals surface area contributed by atoms with Crippen molar-refractivity contribution in [3.63, 3.8) is 0 Å². The molecule has 2 N–H and O–H groups in total. The fourth-order valence-corrected chi connectivity index (χ4v) is 4.08. The Labute approximate surface area is 146 Å². The Bertz CT molecular complexity index is 775. The first kappa shape index (κ1) is 15.5. The molecule has 4 rings (SSSR count). The minimum atomic E-state index is -0.307. The Kier molecular flexibility index (Phi) is 3.94. The van der Waals surface area contributed by atoms with Crippen molar-refractivity contribution in [3.05, 3.63) is 64.2 Å². The van der Waals surface area contributed by atoms with Crippen LogP contribution in [-0.2, 0) is 4.74 Å². The molecule has 2 aliphatic heterocycles. The summed E-state index contributed by atoms with van der Waals surface area (Å²) in [5.74, 6) is 0.151. The standard InChI is InChI=1S/C19H19ClN2O2/c1-24-19(23)12-4-2-11(3-5-12)17-14-8-9-21-18(14)15-10-13(20)6-7-16(15)22-17/h2-7,10,14,17-18,21-22H,8-9H2,1H3/t14-,17-,18+/m0/s1. The molecular formula is C19H19ClN2O2. The SMILES string of the molecule is COC(=O)c1ccc([C@@H]2Nc3ccc(Cl)cc3[C@@H]3NCC[C@@H]23)cc1. The highest BCUT2D eigenvalue weighted by molar-refractivity contribution is 6.30. The maximum atomic E-state index is 11.6. The van der Waals surface area contributed by atoms with Crippen molar-refractivity contribution in [2.45, 2.75) is 18.5 Å². The van der Waals surface area contributed by atoms with E-state index in [4.69, 9.17) is 16.3 Å². The van der Waals surface area contributed by atoms with Crippen molar-refractivity contribution >= 4 is 23.3 Å². The van der Waals surface area contributed by atoms with E-state index in [1.807, 2.05) is 36.4 Å². The largest absolute Gasteiger partial charge is 0.465 e. The van der Waals surface area contributed by atoms with Gasteiger partial charge in [0.1, 0.15) is 0 Å². The van der Waals surface area contributed by atoms with Gasteiger partial charge in [-0.3, -0.25) is 0 Å². The van der Waals surface area contributed by atoms with Crippen LogP contribution >= 0.6 is 11.6 Å². The molecule has 2 aromatic carbocycles. The second-order valence-corrected chi connectivity index (χ2v) is 6.79. The number of benzene rings is 2. The maximum absolute atomic E-state index is 11.6. The zero-order chi connectivity index (χ0) is 16.7. The monoisotopic (exact) mass is 342 g/mol. The van der Waals surface area contributed by atoms with Crippen molar-refractivity contribution in [2.24, 2.45) is 5.92 Å². The number of nitrogens with one attached hydrogen (secondary N) is 2. The molecule has 2 aromatic rings. The van der Waals surface area contributed by atoms with Gasteiger partial charge in [0.05, 0.1) is 18.7 Å². The van der Waals surface area contributed by atoms with Gasteiger partial charge < -0.3 is 15.4 Å². The molecule has 0 spiro atoms. The van der Waals surface area contributed by atoms with Gasteiger partial charge in [0.25, 0.3) is 0 Å². The summed E-state index contributed by atoms with van der Waals surface area (Å²) in [5.41, 5.74) is 4.12. The number of methoxy groups -OCH3 is 1. The Morgan fingerprint density at radius 3 is 2.71 bits per heavy atom. The predicted molar refractivity (Wildman–Crippen MR) is 94.4 cm³/mol. The van der Waals surface area contributed by atoms with E-state index in [1.54, 1.807) is 0 Å². The van der Waals surface area contributed by atoms with E-state index in [0.29, 0.717) is 17.5 Å². The van der Waals surface area contributed by atoms with Gasteiger partial charge in [-0.25, -0.2) is 4.79 Å². The molecular weight excluding hydrogens is 324 g/mol. The van der Waals surface area contributed by atoms with Crippen LogP contribution in [0.3, 0.4) is 0 Å². The average Bonchev–Trinajstić information content (AvgIpc) is 3.11. The highest BCUT2D eigenvalue weighted by Gasteiger charge is 2.40. The van der Waals surface area contributed by atoms with E-state index in [2.05, 4.69) is 16.7 Å². The summed E-state index contributed by atoms with van der Waals surface area (Å²) in [6.07, 6.45) is 1.10. The number of hydrogen-bond acceptors (Lipinski definition) is 4. The van der Waals surface area contributed by atoms with Gasteiger partial charge in [0.15, 0.2) is 0 Å². The van der Waals surface area contributed by atoms with Gasteiger partial charge in [-0.1, -0.05) is 23.7 Å². The number of rotatable bonds is 2. The first-order valence-electron chi connectivity index (χ1n) is 8.15. The summed E-state index contributed by atoms with van der Waals surface area (Å²) in [6.45, 7) is 1.000. The molecule has 5 heteroatoms. The lowest BCUT2D eigenvalue weighted by atomic mass is 9.80. The fraction of sp³-hybridized carbons (Fsp3) is 0.316. The second kappa shape index (κ2) is 6.11. The molecule has 0 radical (unpaired) electrons. The Hall–Kier alpha value is -2.04. The van der Waals surface area contributed by atoms with Crippen LogP contribution in [0.5, 0.6) is 0 Å². The molecule has 0 unspecified atom stereocenters. The third kappa shape index (κ3) is 2.56. The molecule has 0 aliphatic carbocycles. The lowest BCUT2D eigenvalue weighted by Gasteiger charge is -2.37. The number of carbonyl (C=O) groups excluding carboxylic acids is 1. The van der Waals surface area contributed by atoms with Crippen LogP contribution in [0, 0.1) is 5.92 Å². The van der Waals surface area contributed by atoms with Crippen LogP contribution in [0.1, 0.15) is 40.0 Å². The molecule has 24 heavy (non-hydrogen) atoms. The number of ether oxygens (including phenoxy) is 1. The smallest absolute Gasteiger partial charge is 0.337 e. The lowest BCUT2D eigenvalue weighted by Crippen LogP contribution is -2.32. The number of anilines is 1. The summed E-state index contributed by atoms with van der Waals surface area (Å²) in [4.78, 5) is 11.6. The molecule has 0 amide bonds. The first-order chi connectivity index (χ1) is 11.7. The summed E-state index contributed by atoms with van der Waals surface area (Å²) < 4.78 is 4.77. The highest BCUT2D eigenvalue weighted by Crippen LogP contribution is 2.47. The zero-order valence-electron chi connectivity index (χ0n) is 13.4. The molecule has 4 nitrogen and oxygen atoms in total. The zero-order valence-corrected chi connectivity index (χ0v) is 14.1. The molecule has 3 atom stereocenters. The summed E-state index contributed by atoms with van der Waals surface area (Å²) >= 11 is 6.18. The quantitative estimate of drug-likeness (QED) is 0.811. The predicted octanol–water partition coefficient (Wildman–Crippen LogP) is 3.94. The van der Waals surface area contributed by atoms with Crippen molar-refractivity contribution in [1.29, 1.82) is 0 Å². The Morgan fingerprint density at radius 2 is 1.96 bits per heavy atom. The second-order valence-electron chi connectivity index (χ2n) is 6.35. The van der Waals surface area contributed by atoms with Gasteiger partial charge in [0, 0.05) is 22.7 Å². The molecule has 2 aliphatic rings. The van der Waals surface area contributed by atoms with Crippen LogP contribution in [0.25, 0.3) is 0 Å². The van der Waals surface area contributed by atoms with Crippen molar-refractivity contribution < 1.29 is 9.53 Å². The van der Waals surface area contributed by atoms with Gasteiger partial charge in [-0.15, -0.1) is 0 Å². The van der Waals surface area contributed by atoms with E-state index < -0.39 is 0 Å². The minimum absolute atomic E-state index is 0.213. The lowest BCUT2D eigenvalue weighted by molar-refractivity contribution is 0.0600. The number of fused-ring (bicyclic) bond motifs is 3. The first-order valence-corrected chi connectivity index (χ1v) is 8.53. The Morgan fingerprint density at radius 1 is 1.17 bits per heavy atom. The van der Waals surface area contributed by atoms with Crippen molar-refractivity contribution in [1.82, 2.24) is 5.32 Å². The fourth-order valence-electron chi connectivity index (χ4n) is 3.90. The molecule has 1 fully saturated rings. The van der Waals surface area contributed by atoms with Gasteiger partial charge in [-0.2, -0.15) is 0 Å². The molecule has 0 bridgehead atoms. The number of halogens is 1. The van der Waals surface area contributed by atoms with Crippen LogP contribution in [0.4, 0.5) is 5.69 Å². The van der Waals surface area contributed by atoms with Crippen LogP contribution in [0.2, 0.25) is 5.02 Å². The third-order valence-electron chi connectivity index (χ3n) is 5.05. The molecule has 0 aromatic heterocycles. The molecule has 2 heterocycles. The van der Waals surface area contributed by atoms with Gasteiger partial charge in [-0.05, 0) is 54.4 Å². The highest BCUT2D eigenvalue weighted by atomic mass is 35.5. The third-order valence-corrected chi connectivity index (χ3v) is 5.28. The molecule has 0 saturated carbocycles. The number of carbonyl (C=O) groups is 1. The number of esters is 1. The van der Waals surface area contributed by atoms with Crippen molar-refractivity contribution in [2.75, 3.05) is 19.0 Å². The van der Waals surface area contributed by atoms with Gasteiger partial charge in [0.2, 0.25) is 0 Å². The molecule has 1 saturated heterocycles.